The van der Waals surface area contributed by atoms with Crippen LogP contribution in [0.1, 0.15) is 16.7 Å². The van der Waals surface area contributed by atoms with E-state index < -0.39 is 0 Å². The lowest BCUT2D eigenvalue weighted by atomic mass is 10.1. The van der Waals surface area contributed by atoms with Crippen LogP contribution in [0.4, 0.5) is 0 Å². The van der Waals surface area contributed by atoms with Crippen molar-refractivity contribution in [1.82, 2.24) is 10.4 Å². The van der Waals surface area contributed by atoms with Crippen molar-refractivity contribution in [3.05, 3.63) is 57.8 Å². The maximum absolute atomic E-state index is 11.7. The second kappa shape index (κ2) is 7.70. The zero-order valence-electron chi connectivity index (χ0n) is 12.3. The number of nitrogens with one attached hydrogen (secondary N) is 1. The lowest BCUT2D eigenvalue weighted by Gasteiger charge is -2.11. The zero-order chi connectivity index (χ0) is 15.9. The molecule has 0 fully saturated rings. The van der Waals surface area contributed by atoms with Gasteiger partial charge in [-0.25, -0.2) is 5.43 Å². The number of aromatic nitrogens is 1. The monoisotopic (exact) mass is 361 g/mol. The van der Waals surface area contributed by atoms with Crippen LogP contribution in [0.5, 0.6) is 5.75 Å². The molecule has 22 heavy (non-hydrogen) atoms. The molecule has 0 spiro atoms. The summed E-state index contributed by atoms with van der Waals surface area (Å²) in [4.78, 5) is 15.7. The minimum Gasteiger partial charge on any atom is -0.482 e. The summed E-state index contributed by atoms with van der Waals surface area (Å²) in [7, 11) is 0. The largest absolute Gasteiger partial charge is 0.482 e. The maximum Gasteiger partial charge on any atom is 0.277 e. The van der Waals surface area contributed by atoms with Crippen molar-refractivity contribution < 1.29 is 9.53 Å². The second-order valence-corrected chi connectivity index (χ2v) is 5.62. The summed E-state index contributed by atoms with van der Waals surface area (Å²) in [6, 6.07) is 7.58. The number of benzene rings is 1. The Labute approximate surface area is 137 Å². The van der Waals surface area contributed by atoms with E-state index >= 15 is 0 Å². The number of rotatable bonds is 5. The molecule has 2 aromatic rings. The van der Waals surface area contributed by atoms with Gasteiger partial charge in [-0.2, -0.15) is 5.10 Å². The van der Waals surface area contributed by atoms with Crippen molar-refractivity contribution in [3.63, 3.8) is 0 Å². The molecule has 0 unspecified atom stereocenters. The summed E-state index contributed by atoms with van der Waals surface area (Å²) in [5.41, 5.74) is 5.32. The van der Waals surface area contributed by atoms with Crippen LogP contribution in [-0.4, -0.2) is 23.7 Å². The number of hydrogen-bond acceptors (Lipinski definition) is 4. The van der Waals surface area contributed by atoms with Crippen molar-refractivity contribution in [3.8, 4) is 5.75 Å². The van der Waals surface area contributed by atoms with Crippen molar-refractivity contribution in [2.45, 2.75) is 13.8 Å². The third-order valence-electron chi connectivity index (χ3n) is 2.81. The molecule has 0 aliphatic rings. The van der Waals surface area contributed by atoms with Gasteiger partial charge < -0.3 is 4.74 Å². The highest BCUT2D eigenvalue weighted by molar-refractivity contribution is 9.10. The second-order valence-electron chi connectivity index (χ2n) is 4.76. The average molecular weight is 362 g/mol. The third-order valence-corrected chi connectivity index (χ3v) is 3.40. The molecule has 5 nitrogen and oxygen atoms in total. The summed E-state index contributed by atoms with van der Waals surface area (Å²) >= 11 is 3.44. The predicted octanol–water partition coefficient (Wildman–Crippen LogP) is 2.99. The summed E-state index contributed by atoms with van der Waals surface area (Å²) < 4.78 is 6.37. The van der Waals surface area contributed by atoms with Crippen LogP contribution in [0.2, 0.25) is 0 Å². The normalized spacial score (nSPS) is 10.7. The molecule has 2 rings (SSSR count). The van der Waals surface area contributed by atoms with Crippen molar-refractivity contribution in [1.29, 1.82) is 0 Å². The van der Waals surface area contributed by atoms with E-state index in [1.165, 1.54) is 6.21 Å². The number of nitrogens with zero attached hydrogens (tertiary/aromatic N) is 2. The highest BCUT2D eigenvalue weighted by Crippen LogP contribution is 2.29. The number of aryl methyl sites for hydroxylation is 2. The quantitative estimate of drug-likeness (QED) is 0.657. The van der Waals surface area contributed by atoms with Gasteiger partial charge in [-0.05, 0) is 53.0 Å². The van der Waals surface area contributed by atoms with E-state index in [0.29, 0.717) is 5.75 Å². The van der Waals surface area contributed by atoms with Crippen molar-refractivity contribution in [2.75, 3.05) is 6.61 Å². The van der Waals surface area contributed by atoms with Gasteiger partial charge in [-0.15, -0.1) is 0 Å². The molecule has 1 aromatic carbocycles. The molecule has 0 saturated carbocycles. The fourth-order valence-corrected chi connectivity index (χ4v) is 2.67. The molecule has 6 heteroatoms. The first-order valence-electron chi connectivity index (χ1n) is 6.68. The van der Waals surface area contributed by atoms with Gasteiger partial charge >= 0.3 is 0 Å². The Balaban J connectivity index is 1.87. The lowest BCUT2D eigenvalue weighted by Crippen LogP contribution is -2.24. The number of halogens is 1. The van der Waals surface area contributed by atoms with Gasteiger partial charge in [0.05, 0.1) is 10.7 Å². The predicted molar refractivity (Wildman–Crippen MR) is 89.1 cm³/mol. The molecule has 0 radical (unpaired) electrons. The molecule has 1 aromatic heterocycles. The molecule has 0 aliphatic heterocycles. The first-order chi connectivity index (χ1) is 10.6. The molecule has 1 amide bonds. The molecule has 1 heterocycles. The molecule has 0 bridgehead atoms. The Bertz CT molecular complexity index is 664. The van der Waals surface area contributed by atoms with Gasteiger partial charge in [0.25, 0.3) is 5.91 Å². The first-order valence-corrected chi connectivity index (χ1v) is 7.47. The molecule has 0 saturated heterocycles. The zero-order valence-corrected chi connectivity index (χ0v) is 13.9. The first kappa shape index (κ1) is 16.2. The number of carbonyl (C=O) groups excluding carboxylic acids is 1. The minimum absolute atomic E-state index is 0.104. The van der Waals surface area contributed by atoms with E-state index in [4.69, 9.17) is 4.74 Å². The van der Waals surface area contributed by atoms with Crippen molar-refractivity contribution in [2.24, 2.45) is 5.10 Å². The minimum atomic E-state index is -0.327. The van der Waals surface area contributed by atoms with Crippen LogP contribution < -0.4 is 10.2 Å². The standard InChI is InChI=1S/C16H16BrN3O2/c1-11-6-12(2)16(14(17)7-11)22-10-15(21)20-19-9-13-4-3-5-18-8-13/h3-9H,10H2,1-2H3,(H,20,21). The summed E-state index contributed by atoms with van der Waals surface area (Å²) in [5, 5.41) is 3.86. The van der Waals surface area contributed by atoms with Crippen LogP contribution in [0.25, 0.3) is 0 Å². The van der Waals surface area contributed by atoms with E-state index in [0.717, 1.165) is 21.2 Å². The molecule has 0 aliphatic carbocycles. The van der Waals surface area contributed by atoms with E-state index in [1.807, 2.05) is 32.0 Å². The van der Waals surface area contributed by atoms with E-state index in [9.17, 15) is 4.79 Å². The van der Waals surface area contributed by atoms with Crippen LogP contribution >= 0.6 is 15.9 Å². The highest BCUT2D eigenvalue weighted by Gasteiger charge is 2.08. The number of hydrogen-bond donors (Lipinski definition) is 1. The Morgan fingerprint density at radius 2 is 2.27 bits per heavy atom. The Morgan fingerprint density at radius 3 is 2.95 bits per heavy atom. The third kappa shape index (κ3) is 4.66. The van der Waals surface area contributed by atoms with Gasteiger partial charge in [-0.1, -0.05) is 12.1 Å². The molecule has 0 atom stereocenters. The van der Waals surface area contributed by atoms with E-state index in [2.05, 4.69) is 31.4 Å². The molecule has 114 valence electrons. The SMILES string of the molecule is Cc1cc(C)c(OCC(=O)NN=Cc2cccnc2)c(Br)c1. The average Bonchev–Trinajstić information content (AvgIpc) is 2.47. The Kier molecular flexibility index (Phi) is 5.66. The highest BCUT2D eigenvalue weighted by atomic mass is 79.9. The number of hydrazone groups is 1. The van der Waals surface area contributed by atoms with Crippen LogP contribution in [-0.2, 0) is 4.79 Å². The van der Waals surface area contributed by atoms with Crippen LogP contribution in [0.3, 0.4) is 0 Å². The fraction of sp³-hybridized carbons (Fsp3) is 0.188. The topological polar surface area (TPSA) is 63.6 Å². The number of pyridine rings is 1. The summed E-state index contributed by atoms with van der Waals surface area (Å²) in [6.45, 7) is 3.83. The maximum atomic E-state index is 11.7. The summed E-state index contributed by atoms with van der Waals surface area (Å²) in [6.07, 6.45) is 4.85. The van der Waals surface area contributed by atoms with Gasteiger partial charge in [0.15, 0.2) is 6.61 Å². The van der Waals surface area contributed by atoms with Gasteiger partial charge in [-0.3, -0.25) is 9.78 Å². The number of amides is 1. The smallest absolute Gasteiger partial charge is 0.277 e. The Hall–Kier alpha value is -2.21. The van der Waals surface area contributed by atoms with Crippen LogP contribution in [0.15, 0.2) is 46.2 Å². The summed E-state index contributed by atoms with van der Waals surface area (Å²) in [5.74, 6) is 0.337. The van der Waals surface area contributed by atoms with E-state index in [-0.39, 0.29) is 12.5 Å². The fourth-order valence-electron chi connectivity index (χ4n) is 1.89. The molecular weight excluding hydrogens is 346 g/mol. The Morgan fingerprint density at radius 1 is 1.45 bits per heavy atom. The molecular formula is C16H16BrN3O2. The van der Waals surface area contributed by atoms with Crippen molar-refractivity contribution >= 4 is 28.1 Å². The van der Waals surface area contributed by atoms with Crippen LogP contribution in [0, 0.1) is 13.8 Å². The van der Waals surface area contributed by atoms with Gasteiger partial charge in [0.1, 0.15) is 5.75 Å². The van der Waals surface area contributed by atoms with E-state index in [1.54, 1.807) is 18.5 Å². The number of ether oxygens (including phenoxy) is 1. The van der Waals surface area contributed by atoms with Gasteiger partial charge in [0.2, 0.25) is 0 Å². The number of carbonyl (C=O) groups is 1. The lowest BCUT2D eigenvalue weighted by molar-refractivity contribution is -0.123. The van der Waals surface area contributed by atoms with Gasteiger partial charge in [0, 0.05) is 18.0 Å². The molecule has 1 N–H and O–H groups in total.